The topological polar surface area (TPSA) is 154 Å². The summed E-state index contributed by atoms with van der Waals surface area (Å²) in [4.78, 5) is 31.5. The van der Waals surface area contributed by atoms with E-state index in [-0.39, 0.29) is 24.7 Å². The van der Waals surface area contributed by atoms with E-state index in [2.05, 4.69) is 29.4 Å². The number of nitrogens with one attached hydrogen (secondary N) is 1. The molecule has 314 valence electrons. The molecule has 2 aromatic carbocycles. The Kier molecular flexibility index (Phi) is 17.2. The number of aliphatic imine (C=N–C) groups is 1. The molecule has 0 fully saturated rings. The number of hydrogen-bond acceptors (Lipinski definition) is 13. The first-order chi connectivity index (χ1) is 27.9. The van der Waals surface area contributed by atoms with Crippen molar-refractivity contribution < 1.29 is 42.7 Å². The third kappa shape index (κ3) is 13.7. The summed E-state index contributed by atoms with van der Waals surface area (Å²) < 4.78 is 40.6. The second kappa shape index (κ2) is 22.2. The second-order valence-electron chi connectivity index (χ2n) is 14.4. The lowest BCUT2D eigenvalue weighted by atomic mass is 9.99. The number of rotatable bonds is 23. The molecule has 1 aliphatic rings. The number of esters is 1. The van der Waals surface area contributed by atoms with Crippen molar-refractivity contribution in [3.8, 4) is 10.8 Å². The van der Waals surface area contributed by atoms with Gasteiger partial charge in [0.05, 0.1) is 84.6 Å². The van der Waals surface area contributed by atoms with Gasteiger partial charge in [-0.3, -0.25) is 19.1 Å². The maximum absolute atomic E-state index is 13.5. The van der Waals surface area contributed by atoms with Gasteiger partial charge >= 0.3 is 5.97 Å². The number of ether oxygens (including phenoxy) is 7. The normalized spacial score (nSPS) is 13.7. The fourth-order valence-corrected chi connectivity index (χ4v) is 7.24. The monoisotopic (exact) mass is 839 g/mol. The summed E-state index contributed by atoms with van der Waals surface area (Å²) in [5, 5.41) is 13.5. The molecule has 16 heteroatoms. The zero-order valence-corrected chi connectivity index (χ0v) is 35.7. The average molecular weight is 840 g/mol. The van der Waals surface area contributed by atoms with Gasteiger partial charge in [0.1, 0.15) is 34.8 Å². The number of anilines is 1. The first-order valence-electron chi connectivity index (χ1n) is 19.4. The third-order valence-electron chi connectivity index (χ3n) is 8.73. The van der Waals surface area contributed by atoms with Gasteiger partial charge in [-0.05, 0) is 83.5 Å². The van der Waals surface area contributed by atoms with Crippen molar-refractivity contribution >= 4 is 46.2 Å². The number of halogens is 1. The Bertz CT molecular complexity index is 1960. The zero-order chi connectivity index (χ0) is 41.5. The van der Waals surface area contributed by atoms with Crippen LogP contribution in [0, 0.1) is 20.8 Å². The van der Waals surface area contributed by atoms with Gasteiger partial charge in [0, 0.05) is 26.7 Å². The Hall–Kier alpha value is -4.22. The molecule has 58 heavy (non-hydrogen) atoms. The number of nitrogens with zero attached hydrogens (tertiary/aromatic N) is 4. The second-order valence-corrected chi connectivity index (χ2v) is 16.1. The highest BCUT2D eigenvalue weighted by atomic mass is 35.5. The average Bonchev–Trinajstić information content (AvgIpc) is 3.66. The van der Waals surface area contributed by atoms with Crippen LogP contribution in [0.4, 0.5) is 5.69 Å². The molecule has 3 heterocycles. The van der Waals surface area contributed by atoms with E-state index >= 15 is 0 Å². The fraction of sp³-hybridized carbons (Fsp3) is 0.500. The number of fused-ring (bicyclic) bond motifs is 3. The van der Waals surface area contributed by atoms with Crippen molar-refractivity contribution in [1.82, 2.24) is 14.8 Å². The van der Waals surface area contributed by atoms with E-state index in [1.807, 2.05) is 56.5 Å². The van der Waals surface area contributed by atoms with Crippen LogP contribution in [0.15, 0.2) is 53.5 Å². The SMILES string of the molecule is Cc1sc2c(c1C)C(c1ccc(Cl)cc1)=N[C@@H](CC(=O)Nc1ccc(OCCOCCOCCOCCOCCOCCC(=O)OC(C)(C)C)cc1)c1nnc(C)n1-2. The molecule has 14 nitrogen and oxygen atoms in total. The highest BCUT2D eigenvalue weighted by Gasteiger charge is 2.32. The molecular weight excluding hydrogens is 786 g/mol. The molecule has 0 radical (unpaired) electrons. The largest absolute Gasteiger partial charge is 0.491 e. The van der Waals surface area contributed by atoms with Crippen LogP contribution in [0.1, 0.15) is 72.9 Å². The first kappa shape index (κ1) is 44.9. The van der Waals surface area contributed by atoms with Gasteiger partial charge in [0.25, 0.3) is 0 Å². The van der Waals surface area contributed by atoms with Crippen LogP contribution in [-0.4, -0.2) is 111 Å². The van der Waals surface area contributed by atoms with Gasteiger partial charge in [0.2, 0.25) is 5.91 Å². The summed E-state index contributed by atoms with van der Waals surface area (Å²) in [6.07, 6.45) is 0.289. The molecular formula is C42H54ClN5O9S. The van der Waals surface area contributed by atoms with Crippen LogP contribution >= 0.6 is 22.9 Å². The van der Waals surface area contributed by atoms with Gasteiger partial charge in [-0.1, -0.05) is 23.7 Å². The van der Waals surface area contributed by atoms with Crippen LogP contribution in [0.25, 0.3) is 5.00 Å². The Morgan fingerprint density at radius 2 is 1.34 bits per heavy atom. The van der Waals surface area contributed by atoms with E-state index in [1.54, 1.807) is 35.6 Å². The molecule has 0 spiro atoms. The number of hydrogen-bond donors (Lipinski definition) is 1. The van der Waals surface area contributed by atoms with Crippen LogP contribution in [0.5, 0.6) is 5.75 Å². The van der Waals surface area contributed by atoms with Gasteiger partial charge < -0.3 is 38.5 Å². The van der Waals surface area contributed by atoms with E-state index in [1.165, 1.54) is 4.88 Å². The van der Waals surface area contributed by atoms with Gasteiger partial charge in [-0.2, -0.15) is 0 Å². The molecule has 0 saturated carbocycles. The molecule has 4 aromatic rings. The van der Waals surface area contributed by atoms with Crippen LogP contribution in [-0.2, 0) is 38.0 Å². The zero-order valence-electron chi connectivity index (χ0n) is 34.1. The lowest BCUT2D eigenvalue weighted by Gasteiger charge is -2.19. The summed E-state index contributed by atoms with van der Waals surface area (Å²) in [5.41, 5.74) is 4.01. The number of thiophene rings is 1. The van der Waals surface area contributed by atoms with Crippen LogP contribution < -0.4 is 10.1 Å². The van der Waals surface area contributed by atoms with E-state index in [0.29, 0.717) is 95.0 Å². The van der Waals surface area contributed by atoms with Gasteiger partial charge in [-0.15, -0.1) is 21.5 Å². The minimum Gasteiger partial charge on any atom is -0.491 e. The predicted molar refractivity (Wildman–Crippen MR) is 223 cm³/mol. The maximum atomic E-state index is 13.5. The first-order valence-corrected chi connectivity index (χ1v) is 20.6. The third-order valence-corrected chi connectivity index (χ3v) is 10.2. The minimum absolute atomic E-state index is 0.0710. The molecule has 1 aliphatic heterocycles. The number of carbonyl (C=O) groups excluding carboxylic acids is 2. The summed E-state index contributed by atoms with van der Waals surface area (Å²) in [6.45, 7) is 16.2. The molecule has 0 unspecified atom stereocenters. The molecule has 0 bridgehead atoms. The van der Waals surface area contributed by atoms with Crippen molar-refractivity contribution in [3.05, 3.63) is 86.8 Å². The van der Waals surface area contributed by atoms with Crippen molar-refractivity contribution in [1.29, 1.82) is 0 Å². The summed E-state index contributed by atoms with van der Waals surface area (Å²) in [5.74, 6) is 1.54. The number of benzene rings is 2. The lowest BCUT2D eigenvalue weighted by Crippen LogP contribution is -2.24. The molecule has 1 amide bonds. The molecule has 0 saturated heterocycles. The van der Waals surface area contributed by atoms with E-state index < -0.39 is 11.6 Å². The summed E-state index contributed by atoms with van der Waals surface area (Å²) in [7, 11) is 0. The molecule has 0 aliphatic carbocycles. The van der Waals surface area contributed by atoms with Gasteiger partial charge in [-0.25, -0.2) is 0 Å². The Balaban J connectivity index is 0.947. The van der Waals surface area contributed by atoms with Gasteiger partial charge in [0.15, 0.2) is 5.82 Å². The highest BCUT2D eigenvalue weighted by Crippen LogP contribution is 2.39. The molecule has 2 aromatic heterocycles. The lowest BCUT2D eigenvalue weighted by molar-refractivity contribution is -0.156. The molecule has 5 rings (SSSR count). The van der Waals surface area contributed by atoms with Crippen molar-refractivity contribution in [2.24, 2.45) is 4.99 Å². The van der Waals surface area contributed by atoms with Crippen molar-refractivity contribution in [2.45, 2.75) is 66.0 Å². The number of carbonyl (C=O) groups is 2. The predicted octanol–water partition coefficient (Wildman–Crippen LogP) is 7.02. The summed E-state index contributed by atoms with van der Waals surface area (Å²) in [6, 6.07) is 14.2. The number of amides is 1. The van der Waals surface area contributed by atoms with Crippen LogP contribution in [0.3, 0.4) is 0 Å². The quantitative estimate of drug-likeness (QED) is 0.0606. The van der Waals surface area contributed by atoms with Crippen molar-refractivity contribution in [3.63, 3.8) is 0 Å². The van der Waals surface area contributed by atoms with E-state index in [0.717, 1.165) is 33.2 Å². The van der Waals surface area contributed by atoms with Crippen molar-refractivity contribution in [2.75, 3.05) is 78.0 Å². The minimum atomic E-state index is -0.569. The maximum Gasteiger partial charge on any atom is 0.308 e. The summed E-state index contributed by atoms with van der Waals surface area (Å²) >= 11 is 7.90. The Morgan fingerprint density at radius 3 is 1.93 bits per heavy atom. The Morgan fingerprint density at radius 1 is 0.776 bits per heavy atom. The fourth-order valence-electron chi connectivity index (χ4n) is 5.90. The smallest absolute Gasteiger partial charge is 0.308 e. The standard InChI is InChI=1S/C42H54ClN5O9S/c1-28-29(2)58-41-38(28)39(31-7-9-32(43)10-8-31)45-35(40-47-46-30(3)48(40)41)27-36(49)44-33-11-13-34(14-12-33)56-26-25-55-24-23-54-22-21-53-20-19-52-18-17-51-16-15-37(50)57-42(4,5)6/h7-14,35H,15-27H2,1-6H3,(H,44,49)/t35-/m0/s1. The Labute approximate surface area is 349 Å². The molecule has 1 N–H and O–H groups in total. The van der Waals surface area contributed by atoms with Crippen LogP contribution in [0.2, 0.25) is 5.02 Å². The van der Waals surface area contributed by atoms with E-state index in [4.69, 9.17) is 49.8 Å². The highest BCUT2D eigenvalue weighted by molar-refractivity contribution is 7.15. The van der Waals surface area contributed by atoms with E-state index in [9.17, 15) is 9.59 Å². The number of aromatic nitrogens is 3. The molecule has 1 atom stereocenters. The number of aryl methyl sites for hydroxylation is 2.